The summed E-state index contributed by atoms with van der Waals surface area (Å²) in [6.45, 7) is 6.30. The minimum Gasteiger partial charge on any atom is -0.303 e. The Kier molecular flexibility index (Phi) is 5.77. The van der Waals surface area contributed by atoms with Gasteiger partial charge >= 0.3 is 0 Å². The molecule has 0 amide bonds. The fourth-order valence-electron chi connectivity index (χ4n) is 6.42. The predicted octanol–water partition coefficient (Wildman–Crippen LogP) is 4.67. The van der Waals surface area contributed by atoms with Crippen molar-refractivity contribution in [2.75, 3.05) is 0 Å². The fraction of sp³-hybridized carbons (Fsp3) is 0.857. The topological polar surface area (TPSA) is 51.2 Å². The molecule has 140 valence electrons. The van der Waals surface area contributed by atoms with Crippen molar-refractivity contribution in [1.29, 1.82) is 0 Å². The second-order valence-corrected chi connectivity index (χ2v) is 10.4. The molecule has 7 atom stereocenters. The number of thioether (sulfide) groups is 1. The van der Waals surface area contributed by atoms with Gasteiger partial charge in [0.1, 0.15) is 12.1 Å². The molecule has 0 bridgehead atoms. The van der Waals surface area contributed by atoms with Crippen LogP contribution in [-0.4, -0.2) is 22.4 Å². The maximum absolute atomic E-state index is 13.1. The van der Waals surface area contributed by atoms with Crippen LogP contribution < -0.4 is 0 Å². The zero-order valence-electron chi connectivity index (χ0n) is 15.8. The number of carbonyl (C=O) groups is 3. The van der Waals surface area contributed by atoms with Gasteiger partial charge in [0.05, 0.1) is 0 Å². The van der Waals surface area contributed by atoms with E-state index in [0.717, 1.165) is 32.0 Å². The lowest BCUT2D eigenvalue weighted by molar-refractivity contribution is -0.149. The highest BCUT2D eigenvalue weighted by Gasteiger charge is 2.57. The van der Waals surface area contributed by atoms with E-state index in [4.69, 9.17) is 0 Å². The SMILES string of the molecule is CC(=O)S[C@@H]1CC[C@]2(C)C3CC[C@@H](C)C(CCC=O)C3CC(=O)[C@H]2C1. The van der Waals surface area contributed by atoms with Gasteiger partial charge in [-0.1, -0.05) is 32.0 Å². The molecule has 0 spiro atoms. The highest BCUT2D eigenvalue weighted by molar-refractivity contribution is 8.14. The number of carbonyl (C=O) groups excluding carboxylic acids is 3. The minimum absolute atomic E-state index is 0.105. The lowest BCUT2D eigenvalue weighted by atomic mass is 9.46. The third-order valence-electron chi connectivity index (χ3n) is 7.65. The fourth-order valence-corrected chi connectivity index (χ4v) is 7.41. The van der Waals surface area contributed by atoms with Gasteiger partial charge in [-0.3, -0.25) is 9.59 Å². The highest BCUT2D eigenvalue weighted by Crippen LogP contribution is 2.61. The summed E-state index contributed by atoms with van der Waals surface area (Å²) >= 11 is 1.44. The lowest BCUT2D eigenvalue weighted by Crippen LogP contribution is -2.55. The Morgan fingerprint density at radius 2 is 2.08 bits per heavy atom. The molecule has 3 aliphatic carbocycles. The number of hydrogen-bond acceptors (Lipinski definition) is 4. The van der Waals surface area contributed by atoms with Crippen molar-refractivity contribution in [2.45, 2.75) is 77.4 Å². The van der Waals surface area contributed by atoms with Gasteiger partial charge in [-0.15, -0.1) is 0 Å². The van der Waals surface area contributed by atoms with E-state index >= 15 is 0 Å². The molecule has 3 aliphatic rings. The standard InChI is InChI=1S/C21H32O3S/c1-13-6-7-18-17(16(13)5-4-10-22)12-20(24)19-11-15(25-14(2)23)8-9-21(18,19)3/h10,13,15-19H,4-9,11-12H2,1-3H3/t13-,15-,16?,17?,18?,19-,21-/m1/s1. The minimum atomic E-state index is 0.105. The summed E-state index contributed by atoms with van der Waals surface area (Å²) in [4.78, 5) is 35.5. The van der Waals surface area contributed by atoms with Crippen molar-refractivity contribution in [1.82, 2.24) is 0 Å². The molecule has 0 heterocycles. The summed E-state index contributed by atoms with van der Waals surface area (Å²) in [6.07, 6.45) is 8.80. The predicted molar refractivity (Wildman–Crippen MR) is 101 cm³/mol. The number of ketones is 1. The first-order valence-electron chi connectivity index (χ1n) is 10.0. The number of aldehydes is 1. The van der Waals surface area contributed by atoms with Gasteiger partial charge < -0.3 is 4.79 Å². The first-order chi connectivity index (χ1) is 11.9. The van der Waals surface area contributed by atoms with Gasteiger partial charge in [0.15, 0.2) is 5.12 Å². The van der Waals surface area contributed by atoms with E-state index in [9.17, 15) is 14.4 Å². The van der Waals surface area contributed by atoms with Crippen LogP contribution in [0.15, 0.2) is 0 Å². The molecule has 3 rings (SSSR count). The van der Waals surface area contributed by atoms with E-state index in [0.29, 0.717) is 47.5 Å². The van der Waals surface area contributed by atoms with Gasteiger partial charge in [-0.25, -0.2) is 0 Å². The zero-order chi connectivity index (χ0) is 18.2. The summed E-state index contributed by atoms with van der Waals surface area (Å²) in [5.41, 5.74) is 0.105. The van der Waals surface area contributed by atoms with Gasteiger partial charge in [-0.05, 0) is 61.2 Å². The molecule has 4 heteroatoms. The van der Waals surface area contributed by atoms with E-state index in [1.807, 2.05) is 0 Å². The molecule has 0 aromatic heterocycles. The normalized spacial score (nSPS) is 43.9. The summed E-state index contributed by atoms with van der Waals surface area (Å²) in [7, 11) is 0. The van der Waals surface area contributed by atoms with Crippen LogP contribution >= 0.6 is 11.8 Å². The summed E-state index contributed by atoms with van der Waals surface area (Å²) < 4.78 is 0. The van der Waals surface area contributed by atoms with Crippen LogP contribution in [0.1, 0.15) is 72.1 Å². The molecular formula is C21H32O3S. The quantitative estimate of drug-likeness (QED) is 0.680. The van der Waals surface area contributed by atoms with Crippen LogP contribution in [-0.2, 0) is 14.4 Å². The van der Waals surface area contributed by atoms with Crippen molar-refractivity contribution in [3.8, 4) is 0 Å². The Labute approximate surface area is 156 Å². The monoisotopic (exact) mass is 364 g/mol. The van der Waals surface area contributed by atoms with Gasteiger partial charge in [0, 0.05) is 30.9 Å². The molecule has 0 saturated heterocycles. The van der Waals surface area contributed by atoms with E-state index in [2.05, 4.69) is 13.8 Å². The van der Waals surface area contributed by atoms with Gasteiger partial charge in [-0.2, -0.15) is 0 Å². The molecule has 3 unspecified atom stereocenters. The van der Waals surface area contributed by atoms with Crippen LogP contribution in [0.4, 0.5) is 0 Å². The summed E-state index contributed by atoms with van der Waals surface area (Å²) in [5.74, 6) is 2.80. The Hall–Kier alpha value is -0.640. The van der Waals surface area contributed by atoms with E-state index < -0.39 is 0 Å². The van der Waals surface area contributed by atoms with Crippen molar-refractivity contribution in [3.63, 3.8) is 0 Å². The Morgan fingerprint density at radius 1 is 1.32 bits per heavy atom. The van der Waals surface area contributed by atoms with Crippen molar-refractivity contribution in [3.05, 3.63) is 0 Å². The first kappa shape index (κ1) is 19.1. The molecule has 0 radical (unpaired) electrons. The molecule has 25 heavy (non-hydrogen) atoms. The second kappa shape index (κ2) is 7.54. The van der Waals surface area contributed by atoms with Gasteiger partial charge in [0.25, 0.3) is 0 Å². The molecule has 0 aromatic carbocycles. The zero-order valence-corrected chi connectivity index (χ0v) is 16.6. The Morgan fingerprint density at radius 3 is 2.76 bits per heavy atom. The molecule has 3 saturated carbocycles. The molecule has 3 fully saturated rings. The largest absolute Gasteiger partial charge is 0.303 e. The van der Waals surface area contributed by atoms with Crippen molar-refractivity contribution >= 4 is 28.9 Å². The molecule has 3 nitrogen and oxygen atoms in total. The third kappa shape index (κ3) is 3.61. The lowest BCUT2D eigenvalue weighted by Gasteiger charge is -2.58. The summed E-state index contributed by atoms with van der Waals surface area (Å²) in [6, 6.07) is 0. The number of hydrogen-bond donors (Lipinski definition) is 0. The Balaban J connectivity index is 1.81. The second-order valence-electron chi connectivity index (χ2n) is 8.97. The van der Waals surface area contributed by atoms with Crippen LogP contribution in [0.5, 0.6) is 0 Å². The third-order valence-corrected chi connectivity index (χ3v) is 8.75. The van der Waals surface area contributed by atoms with E-state index in [1.165, 1.54) is 24.6 Å². The number of fused-ring (bicyclic) bond motifs is 3. The molecule has 0 N–H and O–H groups in total. The number of rotatable bonds is 4. The van der Waals surface area contributed by atoms with Crippen LogP contribution in [0.3, 0.4) is 0 Å². The molecule has 0 aliphatic heterocycles. The van der Waals surface area contributed by atoms with Crippen molar-refractivity contribution in [2.24, 2.45) is 35.0 Å². The highest BCUT2D eigenvalue weighted by atomic mass is 32.2. The molecular weight excluding hydrogens is 332 g/mol. The van der Waals surface area contributed by atoms with E-state index in [-0.39, 0.29) is 16.4 Å². The van der Waals surface area contributed by atoms with Crippen LogP contribution in [0.2, 0.25) is 0 Å². The number of Topliss-reactive ketones (excluding diaryl/α,β-unsaturated/α-hetero) is 1. The maximum atomic E-state index is 13.1. The average molecular weight is 365 g/mol. The van der Waals surface area contributed by atoms with Gasteiger partial charge in [0.2, 0.25) is 0 Å². The van der Waals surface area contributed by atoms with Crippen molar-refractivity contribution < 1.29 is 14.4 Å². The maximum Gasteiger partial charge on any atom is 0.186 e. The average Bonchev–Trinajstić information content (AvgIpc) is 2.55. The first-order valence-corrected chi connectivity index (χ1v) is 10.9. The van der Waals surface area contributed by atoms with E-state index in [1.54, 1.807) is 6.92 Å². The smallest absolute Gasteiger partial charge is 0.186 e. The van der Waals surface area contributed by atoms with Crippen LogP contribution in [0, 0.1) is 35.0 Å². The molecule has 0 aromatic rings. The Bertz CT molecular complexity index is 545. The summed E-state index contributed by atoms with van der Waals surface area (Å²) in [5, 5.41) is 0.500. The van der Waals surface area contributed by atoms with Crippen LogP contribution in [0.25, 0.3) is 0 Å².